The molecule has 2 rings (SSSR count). The van der Waals surface area contributed by atoms with E-state index in [4.69, 9.17) is 0 Å². The van der Waals surface area contributed by atoms with Gasteiger partial charge in [-0.3, -0.25) is 10.00 Å². The highest BCUT2D eigenvalue weighted by Gasteiger charge is 2.30. The Balaban J connectivity index is 2.00. The normalized spacial score (nSPS) is 12.1. The van der Waals surface area contributed by atoms with Crippen molar-refractivity contribution in [2.45, 2.75) is 32.6 Å². The van der Waals surface area contributed by atoms with Gasteiger partial charge in [-0.1, -0.05) is 25.1 Å². The van der Waals surface area contributed by atoms with Gasteiger partial charge in [0.1, 0.15) is 0 Å². The van der Waals surface area contributed by atoms with Crippen molar-refractivity contribution in [2.24, 2.45) is 0 Å². The number of alkyl halides is 3. The zero-order chi connectivity index (χ0) is 15.5. The van der Waals surface area contributed by atoms with E-state index in [-0.39, 0.29) is 0 Å². The van der Waals surface area contributed by atoms with E-state index in [2.05, 4.69) is 10.2 Å². The van der Waals surface area contributed by atoms with Gasteiger partial charge in [0.25, 0.3) is 0 Å². The zero-order valence-corrected chi connectivity index (χ0v) is 12.0. The van der Waals surface area contributed by atoms with Crippen molar-refractivity contribution in [3.8, 4) is 0 Å². The van der Waals surface area contributed by atoms with E-state index in [1.807, 2.05) is 24.9 Å². The third-order valence-corrected chi connectivity index (χ3v) is 3.19. The molecule has 0 amide bonds. The van der Waals surface area contributed by atoms with Crippen molar-refractivity contribution in [3.63, 3.8) is 0 Å². The number of nitrogens with one attached hydrogen (secondary N) is 1. The summed E-state index contributed by atoms with van der Waals surface area (Å²) < 4.78 is 38.0. The van der Waals surface area contributed by atoms with Crippen LogP contribution in [0, 0.1) is 0 Å². The Morgan fingerprint density at radius 2 is 1.95 bits per heavy atom. The van der Waals surface area contributed by atoms with E-state index >= 15 is 0 Å². The summed E-state index contributed by atoms with van der Waals surface area (Å²) in [7, 11) is 1.87. The molecule has 6 heteroatoms. The molecule has 0 saturated heterocycles. The third kappa shape index (κ3) is 4.32. The molecular formula is C15H18F3N3. The van der Waals surface area contributed by atoms with Crippen LogP contribution in [0.3, 0.4) is 0 Å². The number of hydrogen-bond donors (Lipinski definition) is 1. The molecule has 0 aliphatic heterocycles. The number of hydrogen-bond acceptors (Lipinski definition) is 2. The number of nitrogens with zero attached hydrogens (tertiary/aromatic N) is 2. The van der Waals surface area contributed by atoms with E-state index in [1.54, 1.807) is 6.07 Å². The lowest BCUT2D eigenvalue weighted by atomic mass is 10.1. The predicted molar refractivity (Wildman–Crippen MR) is 74.6 cm³/mol. The van der Waals surface area contributed by atoms with Crippen molar-refractivity contribution in [1.82, 2.24) is 15.1 Å². The van der Waals surface area contributed by atoms with Gasteiger partial charge in [-0.2, -0.15) is 18.3 Å². The smallest absolute Gasteiger partial charge is 0.296 e. The van der Waals surface area contributed by atoms with Crippen LogP contribution in [0.1, 0.15) is 29.4 Å². The van der Waals surface area contributed by atoms with Crippen molar-refractivity contribution >= 4 is 0 Å². The molecule has 2 aromatic rings. The molecule has 0 bridgehead atoms. The molecule has 0 unspecified atom stereocenters. The van der Waals surface area contributed by atoms with Crippen LogP contribution in [-0.4, -0.2) is 22.1 Å². The maximum Gasteiger partial charge on any atom is 0.416 e. The highest BCUT2D eigenvalue weighted by molar-refractivity contribution is 5.25. The molecule has 1 N–H and O–H groups in total. The summed E-state index contributed by atoms with van der Waals surface area (Å²) in [6, 6.07) is 7.41. The first-order valence-corrected chi connectivity index (χ1v) is 6.76. The maximum atomic E-state index is 12.7. The second kappa shape index (κ2) is 6.30. The topological polar surface area (TPSA) is 31.9 Å². The molecule has 0 atom stereocenters. The fourth-order valence-corrected chi connectivity index (χ4v) is 2.18. The minimum absolute atomic E-state index is 0.449. The minimum Gasteiger partial charge on any atom is -0.296 e. The van der Waals surface area contributed by atoms with Gasteiger partial charge in [-0.05, 0) is 31.2 Å². The average molecular weight is 297 g/mol. The molecule has 1 aromatic heterocycles. The Bertz CT molecular complexity index is 590. The molecule has 114 valence electrons. The van der Waals surface area contributed by atoms with Gasteiger partial charge in [0, 0.05) is 18.8 Å². The van der Waals surface area contributed by atoms with Crippen LogP contribution in [0.15, 0.2) is 30.3 Å². The van der Waals surface area contributed by atoms with Gasteiger partial charge >= 0.3 is 6.18 Å². The molecule has 21 heavy (non-hydrogen) atoms. The Morgan fingerprint density at radius 1 is 1.19 bits per heavy atom. The Labute approximate surface area is 121 Å². The quantitative estimate of drug-likeness (QED) is 0.914. The first kappa shape index (κ1) is 15.6. The Morgan fingerprint density at radius 3 is 2.57 bits per heavy atom. The molecule has 3 nitrogen and oxygen atoms in total. The fraction of sp³-hybridized carbons (Fsp3) is 0.400. The fourth-order valence-electron chi connectivity index (χ4n) is 2.18. The highest BCUT2D eigenvalue weighted by Crippen LogP contribution is 2.29. The van der Waals surface area contributed by atoms with Crippen LogP contribution in [0.25, 0.3) is 0 Å². The number of rotatable bonds is 5. The van der Waals surface area contributed by atoms with E-state index < -0.39 is 11.7 Å². The van der Waals surface area contributed by atoms with Gasteiger partial charge in [0.15, 0.2) is 0 Å². The third-order valence-electron chi connectivity index (χ3n) is 3.19. The number of aromatic amines is 1. The second-order valence-corrected chi connectivity index (χ2v) is 5.11. The summed E-state index contributed by atoms with van der Waals surface area (Å²) in [6.45, 7) is 3.08. The highest BCUT2D eigenvalue weighted by atomic mass is 19.4. The largest absolute Gasteiger partial charge is 0.416 e. The Hall–Kier alpha value is -1.82. The molecule has 1 heterocycles. The molecule has 0 spiro atoms. The summed E-state index contributed by atoms with van der Waals surface area (Å²) in [5, 5.41) is 7.08. The molecule has 1 aromatic carbocycles. The monoisotopic (exact) mass is 297 g/mol. The average Bonchev–Trinajstić information content (AvgIpc) is 2.85. The molecule has 0 aliphatic rings. The first-order chi connectivity index (χ1) is 9.88. The van der Waals surface area contributed by atoms with Crippen LogP contribution in [-0.2, 0) is 25.7 Å². The van der Waals surface area contributed by atoms with Crippen LogP contribution in [0.4, 0.5) is 13.2 Å². The Kier molecular flexibility index (Phi) is 4.67. The standard InChI is InChI=1S/C15H18F3N3/c1-3-13-8-14(20-19-13)10-21(2)9-11-5-4-6-12(7-11)15(16,17)18/h4-8H,3,9-10H2,1-2H3,(H,19,20). The summed E-state index contributed by atoms with van der Waals surface area (Å²) >= 11 is 0. The van der Waals surface area contributed by atoms with Crippen LogP contribution < -0.4 is 0 Å². The lowest BCUT2D eigenvalue weighted by Crippen LogP contribution is -2.18. The second-order valence-electron chi connectivity index (χ2n) is 5.11. The van der Waals surface area contributed by atoms with E-state index in [1.165, 1.54) is 12.1 Å². The van der Waals surface area contributed by atoms with Crippen molar-refractivity contribution in [3.05, 3.63) is 52.8 Å². The zero-order valence-electron chi connectivity index (χ0n) is 12.0. The molecule has 0 radical (unpaired) electrons. The maximum absolute atomic E-state index is 12.7. The van der Waals surface area contributed by atoms with E-state index in [0.717, 1.165) is 23.9 Å². The van der Waals surface area contributed by atoms with Gasteiger partial charge in [0.2, 0.25) is 0 Å². The molecule has 0 fully saturated rings. The summed E-state index contributed by atoms with van der Waals surface area (Å²) in [6.07, 6.45) is -3.44. The first-order valence-electron chi connectivity index (χ1n) is 6.76. The summed E-state index contributed by atoms with van der Waals surface area (Å²) in [5.74, 6) is 0. The number of aryl methyl sites for hydroxylation is 1. The van der Waals surface area contributed by atoms with Crippen LogP contribution in [0.2, 0.25) is 0 Å². The molecular weight excluding hydrogens is 279 g/mol. The molecule has 0 saturated carbocycles. The SMILES string of the molecule is CCc1cc(CN(C)Cc2cccc(C(F)(F)F)c2)[nH]n1. The lowest BCUT2D eigenvalue weighted by Gasteiger charge is -2.16. The van der Waals surface area contributed by atoms with Gasteiger partial charge in [-0.15, -0.1) is 0 Å². The van der Waals surface area contributed by atoms with Crippen LogP contribution in [0.5, 0.6) is 0 Å². The van der Waals surface area contributed by atoms with Gasteiger partial charge < -0.3 is 0 Å². The van der Waals surface area contributed by atoms with Crippen molar-refractivity contribution in [1.29, 1.82) is 0 Å². The lowest BCUT2D eigenvalue weighted by molar-refractivity contribution is -0.137. The number of benzene rings is 1. The number of aromatic nitrogens is 2. The molecule has 0 aliphatic carbocycles. The number of halogens is 3. The predicted octanol–water partition coefficient (Wildman–Crippen LogP) is 3.62. The van der Waals surface area contributed by atoms with Gasteiger partial charge in [0.05, 0.1) is 11.3 Å². The minimum atomic E-state index is -4.30. The van der Waals surface area contributed by atoms with Crippen molar-refractivity contribution in [2.75, 3.05) is 7.05 Å². The summed E-state index contributed by atoms with van der Waals surface area (Å²) in [4.78, 5) is 1.95. The van der Waals surface area contributed by atoms with E-state index in [0.29, 0.717) is 18.7 Å². The summed E-state index contributed by atoms with van der Waals surface area (Å²) in [5.41, 5.74) is 1.98. The van der Waals surface area contributed by atoms with E-state index in [9.17, 15) is 13.2 Å². The van der Waals surface area contributed by atoms with Crippen LogP contribution >= 0.6 is 0 Å². The number of H-pyrrole nitrogens is 1. The van der Waals surface area contributed by atoms with Gasteiger partial charge in [-0.25, -0.2) is 0 Å². The van der Waals surface area contributed by atoms with Crippen molar-refractivity contribution < 1.29 is 13.2 Å².